The molecule has 1 atom stereocenters. The predicted octanol–water partition coefficient (Wildman–Crippen LogP) is -0.547. The molecule has 0 aliphatic carbocycles. The lowest BCUT2D eigenvalue weighted by Gasteiger charge is -2.11. The average Bonchev–Trinajstić information content (AvgIpc) is 2.73. The highest BCUT2D eigenvalue weighted by atomic mass is 16.1. The van der Waals surface area contributed by atoms with Gasteiger partial charge in [-0.2, -0.15) is 0 Å². The molecular formula is C9H14N6O. The topological polar surface area (TPSA) is 105 Å². The Morgan fingerprint density at radius 2 is 2.31 bits per heavy atom. The van der Waals surface area contributed by atoms with Crippen molar-refractivity contribution < 1.29 is 4.79 Å². The van der Waals surface area contributed by atoms with Crippen LogP contribution in [0.5, 0.6) is 0 Å². The highest BCUT2D eigenvalue weighted by Crippen LogP contribution is 2.09. The van der Waals surface area contributed by atoms with E-state index >= 15 is 0 Å². The van der Waals surface area contributed by atoms with Gasteiger partial charge in [-0.05, 0) is 6.42 Å². The Labute approximate surface area is 92.8 Å². The van der Waals surface area contributed by atoms with Gasteiger partial charge in [0.15, 0.2) is 5.82 Å². The standard InChI is InChI=1S/C9H14N6O/c10-15-8-5-11-4-7(14-8)12-3-6-1-2-9(16)13-6/h4-6H,1-3,10H2,(H,13,16)(H2,12,14,15). The fraction of sp³-hybridized carbons (Fsp3) is 0.444. The summed E-state index contributed by atoms with van der Waals surface area (Å²) in [6.07, 6.45) is 4.59. The zero-order valence-electron chi connectivity index (χ0n) is 8.73. The van der Waals surface area contributed by atoms with E-state index in [1.54, 1.807) is 6.20 Å². The van der Waals surface area contributed by atoms with E-state index in [0.29, 0.717) is 24.6 Å². The molecule has 2 heterocycles. The van der Waals surface area contributed by atoms with Crippen LogP contribution >= 0.6 is 0 Å². The van der Waals surface area contributed by atoms with E-state index in [9.17, 15) is 4.79 Å². The molecule has 86 valence electrons. The number of hydrogen-bond acceptors (Lipinski definition) is 6. The van der Waals surface area contributed by atoms with E-state index in [2.05, 4.69) is 26.0 Å². The van der Waals surface area contributed by atoms with Crippen molar-refractivity contribution in [2.24, 2.45) is 5.84 Å². The molecule has 0 spiro atoms. The van der Waals surface area contributed by atoms with Crippen LogP contribution in [-0.4, -0.2) is 28.5 Å². The smallest absolute Gasteiger partial charge is 0.220 e. The Hall–Kier alpha value is -1.89. The van der Waals surface area contributed by atoms with E-state index in [0.717, 1.165) is 6.42 Å². The first-order valence-electron chi connectivity index (χ1n) is 5.10. The van der Waals surface area contributed by atoms with Crippen molar-refractivity contribution in [1.29, 1.82) is 0 Å². The van der Waals surface area contributed by atoms with Crippen LogP contribution in [0.3, 0.4) is 0 Å². The number of hydrazine groups is 1. The molecule has 5 N–H and O–H groups in total. The third kappa shape index (κ3) is 2.57. The number of aromatic nitrogens is 2. The summed E-state index contributed by atoms with van der Waals surface area (Å²) in [4.78, 5) is 19.1. The Morgan fingerprint density at radius 1 is 1.50 bits per heavy atom. The molecule has 0 radical (unpaired) electrons. The van der Waals surface area contributed by atoms with Gasteiger partial charge in [0.2, 0.25) is 5.91 Å². The maximum atomic E-state index is 11.0. The molecule has 7 heteroatoms. The number of amides is 1. The fourth-order valence-electron chi connectivity index (χ4n) is 1.58. The van der Waals surface area contributed by atoms with Crippen LogP contribution in [0, 0.1) is 0 Å². The monoisotopic (exact) mass is 222 g/mol. The SMILES string of the molecule is NNc1cncc(NCC2CCC(=O)N2)n1. The second kappa shape index (κ2) is 4.75. The quantitative estimate of drug-likeness (QED) is 0.402. The van der Waals surface area contributed by atoms with Gasteiger partial charge >= 0.3 is 0 Å². The van der Waals surface area contributed by atoms with Crippen molar-refractivity contribution in [3.8, 4) is 0 Å². The zero-order valence-corrected chi connectivity index (χ0v) is 8.73. The maximum Gasteiger partial charge on any atom is 0.220 e. The van der Waals surface area contributed by atoms with Gasteiger partial charge in [0.25, 0.3) is 0 Å². The highest BCUT2D eigenvalue weighted by Gasteiger charge is 2.20. The highest BCUT2D eigenvalue weighted by molar-refractivity contribution is 5.78. The molecule has 16 heavy (non-hydrogen) atoms. The second-order valence-electron chi connectivity index (χ2n) is 3.62. The maximum absolute atomic E-state index is 11.0. The van der Waals surface area contributed by atoms with Crippen molar-refractivity contribution in [3.05, 3.63) is 12.4 Å². The van der Waals surface area contributed by atoms with E-state index < -0.39 is 0 Å². The van der Waals surface area contributed by atoms with Crippen LogP contribution in [0.1, 0.15) is 12.8 Å². The van der Waals surface area contributed by atoms with Gasteiger partial charge in [0.1, 0.15) is 5.82 Å². The first-order chi connectivity index (χ1) is 7.78. The summed E-state index contributed by atoms with van der Waals surface area (Å²) in [6, 6.07) is 0.170. The van der Waals surface area contributed by atoms with Gasteiger partial charge in [-0.25, -0.2) is 10.8 Å². The molecule has 1 unspecified atom stereocenters. The fourth-order valence-corrected chi connectivity index (χ4v) is 1.58. The minimum atomic E-state index is 0.107. The summed E-state index contributed by atoms with van der Waals surface area (Å²) < 4.78 is 0. The van der Waals surface area contributed by atoms with E-state index in [-0.39, 0.29) is 11.9 Å². The summed E-state index contributed by atoms with van der Waals surface area (Å²) in [6.45, 7) is 0.647. The van der Waals surface area contributed by atoms with Gasteiger partial charge in [0.05, 0.1) is 12.4 Å². The van der Waals surface area contributed by atoms with Crippen LogP contribution in [0.15, 0.2) is 12.4 Å². The van der Waals surface area contributed by atoms with Crippen molar-refractivity contribution in [2.75, 3.05) is 17.3 Å². The Balaban J connectivity index is 1.87. The van der Waals surface area contributed by atoms with E-state index in [1.165, 1.54) is 6.20 Å². The van der Waals surface area contributed by atoms with E-state index in [4.69, 9.17) is 5.84 Å². The van der Waals surface area contributed by atoms with Gasteiger partial charge < -0.3 is 16.1 Å². The predicted molar refractivity (Wildman–Crippen MR) is 59.5 cm³/mol. The van der Waals surface area contributed by atoms with Crippen molar-refractivity contribution >= 4 is 17.5 Å². The van der Waals surface area contributed by atoms with Crippen LogP contribution < -0.4 is 21.9 Å². The molecule has 0 bridgehead atoms. The lowest BCUT2D eigenvalue weighted by atomic mass is 10.2. The molecule has 1 fully saturated rings. The third-order valence-corrected chi connectivity index (χ3v) is 2.40. The Kier molecular flexibility index (Phi) is 3.16. The summed E-state index contributed by atoms with van der Waals surface area (Å²) in [5.74, 6) is 6.46. The number of anilines is 2. The number of nitrogens with one attached hydrogen (secondary N) is 3. The Morgan fingerprint density at radius 3 is 3.00 bits per heavy atom. The van der Waals surface area contributed by atoms with Gasteiger partial charge in [-0.15, -0.1) is 0 Å². The molecule has 2 rings (SSSR count). The first-order valence-corrected chi connectivity index (χ1v) is 5.10. The summed E-state index contributed by atoms with van der Waals surface area (Å²) in [5.41, 5.74) is 2.42. The van der Waals surface area contributed by atoms with Gasteiger partial charge in [0, 0.05) is 19.0 Å². The lowest BCUT2D eigenvalue weighted by molar-refractivity contribution is -0.119. The number of rotatable bonds is 4. The van der Waals surface area contributed by atoms with Crippen molar-refractivity contribution in [1.82, 2.24) is 15.3 Å². The minimum absolute atomic E-state index is 0.107. The normalized spacial score (nSPS) is 19.3. The van der Waals surface area contributed by atoms with Crippen molar-refractivity contribution in [2.45, 2.75) is 18.9 Å². The molecule has 0 saturated carbocycles. The molecule has 1 amide bonds. The third-order valence-electron chi connectivity index (χ3n) is 2.40. The number of nitrogen functional groups attached to an aromatic ring is 1. The zero-order chi connectivity index (χ0) is 11.4. The van der Waals surface area contributed by atoms with E-state index in [1.807, 2.05) is 0 Å². The second-order valence-corrected chi connectivity index (χ2v) is 3.62. The first kappa shape index (κ1) is 10.6. The summed E-state index contributed by atoms with van der Waals surface area (Å²) >= 11 is 0. The Bertz CT molecular complexity index is 382. The van der Waals surface area contributed by atoms with Crippen LogP contribution in [0.25, 0.3) is 0 Å². The molecule has 1 saturated heterocycles. The average molecular weight is 222 g/mol. The minimum Gasteiger partial charge on any atom is -0.367 e. The largest absolute Gasteiger partial charge is 0.367 e. The van der Waals surface area contributed by atoms with Crippen LogP contribution in [0.2, 0.25) is 0 Å². The number of nitrogens with two attached hydrogens (primary N) is 1. The molecular weight excluding hydrogens is 208 g/mol. The molecule has 1 aromatic rings. The molecule has 1 aliphatic heterocycles. The van der Waals surface area contributed by atoms with Crippen molar-refractivity contribution in [3.63, 3.8) is 0 Å². The van der Waals surface area contributed by atoms with Crippen LogP contribution in [0.4, 0.5) is 11.6 Å². The van der Waals surface area contributed by atoms with Gasteiger partial charge in [-0.1, -0.05) is 0 Å². The number of hydrogen-bond donors (Lipinski definition) is 4. The van der Waals surface area contributed by atoms with Crippen LogP contribution in [-0.2, 0) is 4.79 Å². The molecule has 0 aromatic carbocycles. The summed E-state index contributed by atoms with van der Waals surface area (Å²) in [7, 11) is 0. The molecule has 1 aliphatic rings. The molecule has 1 aromatic heterocycles. The number of carbonyl (C=O) groups is 1. The lowest BCUT2D eigenvalue weighted by Crippen LogP contribution is -2.32. The molecule has 7 nitrogen and oxygen atoms in total. The van der Waals surface area contributed by atoms with Gasteiger partial charge in [-0.3, -0.25) is 9.78 Å². The summed E-state index contributed by atoms with van der Waals surface area (Å²) in [5, 5.41) is 5.96. The number of carbonyl (C=O) groups excluding carboxylic acids is 1. The number of nitrogens with zero attached hydrogens (tertiary/aromatic N) is 2.